The third-order valence-corrected chi connectivity index (χ3v) is 4.95. The van der Waals surface area contributed by atoms with Crippen molar-refractivity contribution in [3.05, 3.63) is 41.1 Å². The van der Waals surface area contributed by atoms with Crippen molar-refractivity contribution in [2.75, 3.05) is 12.1 Å². The van der Waals surface area contributed by atoms with Gasteiger partial charge in [0, 0.05) is 32.1 Å². The first-order valence-electron chi connectivity index (χ1n) is 6.48. The van der Waals surface area contributed by atoms with Gasteiger partial charge in [0.2, 0.25) is 5.91 Å². The van der Waals surface area contributed by atoms with Crippen molar-refractivity contribution in [1.82, 2.24) is 14.6 Å². The Hall–Kier alpha value is -2.11. The fourth-order valence-electron chi connectivity index (χ4n) is 1.55. The van der Waals surface area contributed by atoms with E-state index in [4.69, 9.17) is 0 Å². The molecule has 2 N–H and O–H groups in total. The fourth-order valence-corrected chi connectivity index (χ4v) is 3.29. The minimum atomic E-state index is -4.04. The first kappa shape index (κ1) is 17.2. The van der Waals surface area contributed by atoms with Crippen LogP contribution in [0.3, 0.4) is 0 Å². The Morgan fingerprint density at radius 2 is 2.00 bits per heavy atom. The van der Waals surface area contributed by atoms with E-state index in [1.54, 1.807) is 19.2 Å². The van der Waals surface area contributed by atoms with E-state index in [0.717, 1.165) is 21.3 Å². The molecule has 0 atom stereocenters. The SMILES string of the molecule is CC(=O)NC1=CNN(S(=O)(=O)N=NN(C)c2ccc(C)cc2)S1. The molecule has 1 aromatic rings. The average molecular weight is 356 g/mol. The maximum absolute atomic E-state index is 12.1. The van der Waals surface area contributed by atoms with E-state index in [-0.39, 0.29) is 5.91 Å². The summed E-state index contributed by atoms with van der Waals surface area (Å²) in [6.07, 6.45) is 1.35. The van der Waals surface area contributed by atoms with Crippen LogP contribution in [0.1, 0.15) is 12.5 Å². The van der Waals surface area contributed by atoms with Crippen LogP contribution in [-0.2, 0) is 15.0 Å². The maximum atomic E-state index is 12.1. The van der Waals surface area contributed by atoms with Crippen LogP contribution < -0.4 is 15.8 Å². The summed E-state index contributed by atoms with van der Waals surface area (Å²) >= 11 is 0.787. The zero-order valence-corrected chi connectivity index (χ0v) is 14.3. The summed E-state index contributed by atoms with van der Waals surface area (Å²) in [5.74, 6) is -0.300. The van der Waals surface area contributed by atoms with Gasteiger partial charge in [-0.3, -0.25) is 10.2 Å². The van der Waals surface area contributed by atoms with Crippen molar-refractivity contribution < 1.29 is 13.2 Å². The summed E-state index contributed by atoms with van der Waals surface area (Å²) < 4.78 is 28.3. The lowest BCUT2D eigenvalue weighted by atomic mass is 10.2. The first-order valence-corrected chi connectivity index (χ1v) is 8.65. The molecule has 0 spiro atoms. The molecule has 0 saturated carbocycles. The smallest absolute Gasteiger partial charge is 0.319 e. The number of carbonyl (C=O) groups excluding carboxylic acids is 1. The van der Waals surface area contributed by atoms with Gasteiger partial charge in [0.05, 0.1) is 5.69 Å². The van der Waals surface area contributed by atoms with Crippen LogP contribution in [0.4, 0.5) is 5.69 Å². The van der Waals surface area contributed by atoms with Crippen molar-refractivity contribution in [3.8, 4) is 0 Å². The quantitative estimate of drug-likeness (QED) is 0.470. The summed E-state index contributed by atoms with van der Waals surface area (Å²) in [6, 6.07) is 7.38. The summed E-state index contributed by atoms with van der Waals surface area (Å²) in [5, 5.41) is 7.86. The molecule has 0 unspecified atom stereocenters. The Morgan fingerprint density at radius 3 is 2.61 bits per heavy atom. The number of nitrogens with one attached hydrogen (secondary N) is 2. The minimum absolute atomic E-state index is 0.300. The number of rotatable bonds is 5. The number of aryl methyl sites for hydroxylation is 1. The first-order chi connectivity index (χ1) is 10.8. The lowest BCUT2D eigenvalue weighted by Crippen LogP contribution is -2.29. The number of carbonyl (C=O) groups is 1. The lowest BCUT2D eigenvalue weighted by molar-refractivity contribution is -0.118. The van der Waals surface area contributed by atoms with Gasteiger partial charge in [0.1, 0.15) is 5.03 Å². The molecule has 23 heavy (non-hydrogen) atoms. The molecule has 1 aromatic carbocycles. The molecule has 0 bridgehead atoms. The molecule has 0 aliphatic carbocycles. The van der Waals surface area contributed by atoms with E-state index < -0.39 is 10.2 Å². The highest BCUT2D eigenvalue weighted by Crippen LogP contribution is 2.26. The molecule has 0 radical (unpaired) electrons. The number of anilines is 1. The second-order valence-electron chi connectivity index (χ2n) is 4.65. The highest BCUT2D eigenvalue weighted by Gasteiger charge is 2.28. The van der Waals surface area contributed by atoms with Crippen LogP contribution in [0, 0.1) is 6.92 Å². The van der Waals surface area contributed by atoms with Crippen molar-refractivity contribution in [3.63, 3.8) is 0 Å². The van der Waals surface area contributed by atoms with Crippen LogP contribution in [-0.4, -0.2) is 25.2 Å². The van der Waals surface area contributed by atoms with Crippen molar-refractivity contribution in [2.45, 2.75) is 13.8 Å². The summed E-state index contributed by atoms with van der Waals surface area (Å²) in [7, 11) is -2.45. The van der Waals surface area contributed by atoms with E-state index in [1.807, 2.05) is 19.1 Å². The Balaban J connectivity index is 2.01. The summed E-state index contributed by atoms with van der Waals surface area (Å²) in [5.41, 5.74) is 4.27. The second-order valence-corrected chi connectivity index (χ2v) is 7.29. The van der Waals surface area contributed by atoms with Gasteiger partial charge in [-0.25, -0.2) is 5.01 Å². The molecule has 0 fully saturated rings. The largest absolute Gasteiger partial charge is 0.368 e. The van der Waals surface area contributed by atoms with E-state index in [0.29, 0.717) is 10.7 Å². The van der Waals surface area contributed by atoms with Crippen LogP contribution in [0.2, 0.25) is 0 Å². The number of hydrogen-bond donors (Lipinski definition) is 2. The van der Waals surface area contributed by atoms with Crippen LogP contribution in [0.25, 0.3) is 0 Å². The Kier molecular flexibility index (Phi) is 5.23. The van der Waals surface area contributed by atoms with Crippen molar-refractivity contribution in [2.24, 2.45) is 9.74 Å². The predicted octanol–water partition coefficient (Wildman–Crippen LogP) is 1.45. The van der Waals surface area contributed by atoms with Crippen molar-refractivity contribution >= 4 is 33.8 Å². The minimum Gasteiger partial charge on any atom is -0.319 e. The molecule has 1 aliphatic heterocycles. The monoisotopic (exact) mass is 356 g/mol. The van der Waals surface area contributed by atoms with Gasteiger partial charge in [-0.1, -0.05) is 22.9 Å². The molecule has 124 valence electrons. The average Bonchev–Trinajstić information content (AvgIpc) is 2.94. The summed E-state index contributed by atoms with van der Waals surface area (Å²) in [6.45, 7) is 3.28. The third-order valence-electron chi connectivity index (χ3n) is 2.67. The van der Waals surface area contributed by atoms with Crippen molar-refractivity contribution in [1.29, 1.82) is 0 Å². The zero-order chi connectivity index (χ0) is 17.0. The van der Waals surface area contributed by atoms with Gasteiger partial charge >= 0.3 is 10.2 Å². The Bertz CT molecular complexity index is 745. The highest BCUT2D eigenvalue weighted by molar-refractivity contribution is 8.10. The Morgan fingerprint density at radius 1 is 1.35 bits per heavy atom. The maximum Gasteiger partial charge on any atom is 0.368 e. The van der Waals surface area contributed by atoms with Gasteiger partial charge in [-0.15, -0.1) is 0 Å². The standard InChI is InChI=1S/C12H16N6O3S2/c1-9-4-6-11(7-5-9)17(3)15-16-23(20,21)18-13-8-12(22-18)14-10(2)19/h4-8,13H,1-3H3,(H,14,19). The second kappa shape index (κ2) is 6.98. The molecule has 1 aliphatic rings. The topological polar surface area (TPSA) is 106 Å². The molecule has 1 amide bonds. The number of hydrogen-bond acceptors (Lipinski definition) is 6. The van der Waals surface area contributed by atoms with E-state index in [9.17, 15) is 13.2 Å². The van der Waals surface area contributed by atoms with E-state index in [2.05, 4.69) is 20.5 Å². The van der Waals surface area contributed by atoms with Gasteiger partial charge in [-0.05, 0) is 27.4 Å². The predicted molar refractivity (Wildman–Crippen MR) is 87.8 cm³/mol. The molecule has 0 aromatic heterocycles. The van der Waals surface area contributed by atoms with Gasteiger partial charge in [0.25, 0.3) is 0 Å². The highest BCUT2D eigenvalue weighted by atomic mass is 32.3. The van der Waals surface area contributed by atoms with Crippen LogP contribution in [0.15, 0.2) is 45.2 Å². The lowest BCUT2D eigenvalue weighted by Gasteiger charge is -2.13. The van der Waals surface area contributed by atoms with Gasteiger partial charge < -0.3 is 5.32 Å². The van der Waals surface area contributed by atoms with E-state index >= 15 is 0 Å². The third kappa shape index (κ3) is 4.68. The Labute approximate surface area is 138 Å². The number of hydrazine groups is 1. The number of benzene rings is 1. The zero-order valence-electron chi connectivity index (χ0n) is 12.7. The normalized spacial score (nSPS) is 15.3. The molecular formula is C12H16N6O3S2. The molecule has 0 saturated heterocycles. The van der Waals surface area contributed by atoms with Crippen LogP contribution >= 0.6 is 11.9 Å². The number of nitrogens with zero attached hydrogens (tertiary/aromatic N) is 4. The fraction of sp³-hybridized carbons (Fsp3) is 0.250. The van der Waals surface area contributed by atoms with Gasteiger partial charge in [0.15, 0.2) is 0 Å². The van der Waals surface area contributed by atoms with Crippen LogP contribution in [0.5, 0.6) is 0 Å². The molecule has 11 heteroatoms. The summed E-state index contributed by atoms with van der Waals surface area (Å²) in [4.78, 5) is 10.9. The molecule has 9 nitrogen and oxygen atoms in total. The van der Waals surface area contributed by atoms with Gasteiger partial charge in [-0.2, -0.15) is 8.42 Å². The number of amides is 1. The molecule has 2 rings (SSSR count). The van der Waals surface area contributed by atoms with E-state index in [1.165, 1.54) is 18.1 Å². The molecular weight excluding hydrogens is 340 g/mol. The molecule has 1 heterocycles.